The predicted octanol–water partition coefficient (Wildman–Crippen LogP) is 4.84. The van der Waals surface area contributed by atoms with Gasteiger partial charge in [0.05, 0.1) is 29.0 Å². The van der Waals surface area contributed by atoms with Crippen molar-refractivity contribution in [3.8, 4) is 5.75 Å². The van der Waals surface area contributed by atoms with Crippen molar-refractivity contribution >= 4 is 34.0 Å². The molecule has 0 spiro atoms. The number of fused-ring (bicyclic) bond motifs is 1. The van der Waals surface area contributed by atoms with Gasteiger partial charge in [0.2, 0.25) is 0 Å². The molecule has 0 fully saturated rings. The fraction of sp³-hybridized carbons (Fsp3) is 0.0800. The molecule has 7 nitrogen and oxygen atoms in total. The zero-order valence-corrected chi connectivity index (χ0v) is 17.2. The van der Waals surface area contributed by atoms with E-state index >= 15 is 0 Å². The van der Waals surface area contributed by atoms with Gasteiger partial charge >= 0.3 is 11.6 Å². The summed E-state index contributed by atoms with van der Waals surface area (Å²) in [6, 6.07) is 20.5. The van der Waals surface area contributed by atoms with E-state index in [-0.39, 0.29) is 29.2 Å². The van der Waals surface area contributed by atoms with Crippen molar-refractivity contribution < 1.29 is 19.1 Å². The third-order valence-corrected chi connectivity index (χ3v) is 4.89. The number of ether oxygens (including phenoxy) is 1. The van der Waals surface area contributed by atoms with Gasteiger partial charge < -0.3 is 19.6 Å². The second-order valence-corrected chi connectivity index (χ2v) is 6.96. The van der Waals surface area contributed by atoms with E-state index in [2.05, 4.69) is 5.32 Å². The topological polar surface area (TPSA) is 113 Å². The Morgan fingerprint density at radius 2 is 1.69 bits per heavy atom. The highest BCUT2D eigenvalue weighted by Crippen LogP contribution is 2.33. The molecule has 3 aromatic carbocycles. The van der Waals surface area contributed by atoms with Crippen LogP contribution in [-0.2, 0) is 4.74 Å². The lowest BCUT2D eigenvalue weighted by Crippen LogP contribution is -2.16. The number of nitrogens with one attached hydrogen (secondary N) is 2. The molecule has 32 heavy (non-hydrogen) atoms. The zero-order chi connectivity index (χ0) is 22.7. The van der Waals surface area contributed by atoms with Crippen LogP contribution in [0.1, 0.15) is 28.4 Å². The number of hydrogen-bond donors (Lipinski definition) is 3. The summed E-state index contributed by atoms with van der Waals surface area (Å²) < 4.78 is 10.5. The lowest BCUT2D eigenvalue weighted by atomic mass is 10.00. The van der Waals surface area contributed by atoms with Crippen LogP contribution in [0.2, 0.25) is 0 Å². The summed E-state index contributed by atoms with van der Waals surface area (Å²) in [5.74, 6) is -0.815. The van der Waals surface area contributed by atoms with E-state index in [4.69, 9.17) is 14.6 Å². The van der Waals surface area contributed by atoms with Crippen LogP contribution in [0.5, 0.6) is 5.75 Å². The average Bonchev–Trinajstić information content (AvgIpc) is 2.80. The van der Waals surface area contributed by atoms with Crippen LogP contribution in [0.3, 0.4) is 0 Å². The quantitative estimate of drug-likeness (QED) is 0.230. The van der Waals surface area contributed by atoms with Crippen LogP contribution in [-0.4, -0.2) is 23.4 Å². The van der Waals surface area contributed by atoms with E-state index in [1.54, 1.807) is 25.1 Å². The number of carbonyl (C=O) groups is 1. The molecule has 0 radical (unpaired) electrons. The molecular formula is C25H20N2O5. The molecule has 0 unspecified atom stereocenters. The SMILES string of the molecule is CCOC(=O)c1ccc(C(=N)c2c(O)c3cccc(Nc4ccccc4)c3oc2=O)cc1. The second-order valence-electron chi connectivity index (χ2n) is 6.96. The summed E-state index contributed by atoms with van der Waals surface area (Å²) in [6.07, 6.45) is 0. The van der Waals surface area contributed by atoms with E-state index in [9.17, 15) is 14.7 Å². The van der Waals surface area contributed by atoms with Gasteiger partial charge in [0.15, 0.2) is 5.58 Å². The highest BCUT2D eigenvalue weighted by atomic mass is 16.5. The first-order valence-electron chi connectivity index (χ1n) is 9.97. The maximum Gasteiger partial charge on any atom is 0.349 e. The Balaban J connectivity index is 1.73. The van der Waals surface area contributed by atoms with Crippen molar-refractivity contribution in [3.63, 3.8) is 0 Å². The molecule has 160 valence electrons. The molecule has 7 heteroatoms. The van der Waals surface area contributed by atoms with E-state index in [0.29, 0.717) is 22.2 Å². The zero-order valence-electron chi connectivity index (χ0n) is 17.2. The lowest BCUT2D eigenvalue weighted by molar-refractivity contribution is 0.0526. The van der Waals surface area contributed by atoms with Crippen LogP contribution < -0.4 is 10.9 Å². The number of esters is 1. The molecule has 0 saturated carbocycles. The van der Waals surface area contributed by atoms with Gasteiger partial charge in [-0.3, -0.25) is 5.41 Å². The van der Waals surface area contributed by atoms with E-state index in [0.717, 1.165) is 5.69 Å². The Morgan fingerprint density at radius 1 is 1.00 bits per heavy atom. The monoisotopic (exact) mass is 428 g/mol. The average molecular weight is 428 g/mol. The van der Waals surface area contributed by atoms with Crippen molar-refractivity contribution in [2.24, 2.45) is 0 Å². The number of hydrogen-bond acceptors (Lipinski definition) is 7. The minimum Gasteiger partial charge on any atom is -0.506 e. The number of benzene rings is 3. The van der Waals surface area contributed by atoms with Gasteiger partial charge in [-0.15, -0.1) is 0 Å². The first-order chi connectivity index (χ1) is 15.5. The molecule has 1 aromatic heterocycles. The molecule has 3 N–H and O–H groups in total. The number of anilines is 2. The van der Waals surface area contributed by atoms with Crippen LogP contribution in [0.25, 0.3) is 11.0 Å². The predicted molar refractivity (Wildman–Crippen MR) is 122 cm³/mol. The van der Waals surface area contributed by atoms with Crippen LogP contribution in [0.15, 0.2) is 82.0 Å². The fourth-order valence-electron chi connectivity index (χ4n) is 3.34. The fourth-order valence-corrected chi connectivity index (χ4v) is 3.34. The third kappa shape index (κ3) is 3.96. The molecule has 4 rings (SSSR count). The molecule has 4 aromatic rings. The third-order valence-electron chi connectivity index (χ3n) is 4.89. The molecule has 1 heterocycles. The van der Waals surface area contributed by atoms with Gasteiger partial charge in [-0.2, -0.15) is 0 Å². The Morgan fingerprint density at radius 3 is 2.38 bits per heavy atom. The van der Waals surface area contributed by atoms with Gasteiger partial charge in [0.1, 0.15) is 11.3 Å². The summed E-state index contributed by atoms with van der Waals surface area (Å²) >= 11 is 0. The Bertz CT molecular complexity index is 1360. The van der Waals surface area contributed by atoms with E-state index in [1.165, 1.54) is 24.3 Å². The van der Waals surface area contributed by atoms with Gasteiger partial charge in [0, 0.05) is 11.3 Å². The standard InChI is InChI=1S/C25H20N2O5/c1-2-31-24(29)16-13-11-15(12-14-16)21(26)20-22(28)18-9-6-10-19(23(18)32-25(20)30)27-17-7-4-3-5-8-17/h3-14,26-28H,2H2,1H3. The van der Waals surface area contributed by atoms with Crippen LogP contribution >= 0.6 is 0 Å². The molecule has 0 amide bonds. The summed E-state index contributed by atoms with van der Waals surface area (Å²) in [5, 5.41) is 22.8. The van der Waals surface area contributed by atoms with Gasteiger partial charge in [0.25, 0.3) is 0 Å². The van der Waals surface area contributed by atoms with Crippen molar-refractivity contribution in [1.29, 1.82) is 5.41 Å². The number of carbonyl (C=O) groups excluding carboxylic acids is 1. The first kappa shape index (κ1) is 20.9. The van der Waals surface area contributed by atoms with Gasteiger partial charge in [-0.05, 0) is 43.3 Å². The molecule has 0 atom stereocenters. The molecular weight excluding hydrogens is 408 g/mol. The van der Waals surface area contributed by atoms with Crippen LogP contribution in [0.4, 0.5) is 11.4 Å². The highest BCUT2D eigenvalue weighted by Gasteiger charge is 2.21. The molecule has 0 saturated heterocycles. The molecule has 0 bridgehead atoms. The lowest BCUT2D eigenvalue weighted by Gasteiger charge is -2.12. The van der Waals surface area contributed by atoms with Crippen molar-refractivity contribution in [3.05, 3.63) is 99.9 Å². The van der Waals surface area contributed by atoms with Crippen molar-refractivity contribution in [1.82, 2.24) is 0 Å². The summed E-state index contributed by atoms with van der Waals surface area (Å²) in [7, 11) is 0. The Hall–Kier alpha value is -4.39. The Kier molecular flexibility index (Phi) is 5.72. The van der Waals surface area contributed by atoms with Gasteiger partial charge in [-0.25, -0.2) is 9.59 Å². The van der Waals surface area contributed by atoms with Gasteiger partial charge in [-0.1, -0.05) is 36.4 Å². The van der Waals surface area contributed by atoms with Crippen molar-refractivity contribution in [2.75, 3.05) is 11.9 Å². The summed E-state index contributed by atoms with van der Waals surface area (Å²) in [4.78, 5) is 24.6. The molecule has 0 aliphatic heterocycles. The summed E-state index contributed by atoms with van der Waals surface area (Å²) in [5.41, 5.74) is 0.866. The van der Waals surface area contributed by atoms with E-state index < -0.39 is 11.6 Å². The second kappa shape index (κ2) is 8.77. The van der Waals surface area contributed by atoms with Crippen molar-refractivity contribution in [2.45, 2.75) is 6.92 Å². The maximum absolute atomic E-state index is 12.8. The van der Waals surface area contributed by atoms with E-state index in [1.807, 2.05) is 30.3 Å². The summed E-state index contributed by atoms with van der Waals surface area (Å²) in [6.45, 7) is 1.97. The highest BCUT2D eigenvalue weighted by molar-refractivity contribution is 6.14. The number of aromatic hydroxyl groups is 1. The smallest absolute Gasteiger partial charge is 0.349 e. The maximum atomic E-state index is 12.8. The minimum absolute atomic E-state index is 0.188. The minimum atomic E-state index is -0.836. The molecule has 0 aliphatic carbocycles. The first-order valence-corrected chi connectivity index (χ1v) is 9.97. The number of rotatable bonds is 6. The largest absolute Gasteiger partial charge is 0.506 e. The van der Waals surface area contributed by atoms with Crippen LogP contribution in [0, 0.1) is 5.41 Å². The normalized spacial score (nSPS) is 10.7. The Labute approximate surface area is 183 Å². The number of para-hydroxylation sites is 2. The molecule has 0 aliphatic rings.